The Balaban J connectivity index is 2.30. The highest BCUT2D eigenvalue weighted by Gasteiger charge is 2.40. The summed E-state index contributed by atoms with van der Waals surface area (Å²) in [6, 6.07) is 3.65. The van der Waals surface area contributed by atoms with Crippen molar-refractivity contribution in [2.75, 3.05) is 0 Å². The van der Waals surface area contributed by atoms with Gasteiger partial charge in [-0.3, -0.25) is 0 Å². The zero-order chi connectivity index (χ0) is 8.77. The van der Waals surface area contributed by atoms with Gasteiger partial charge in [0.2, 0.25) is 0 Å². The van der Waals surface area contributed by atoms with Crippen LogP contribution in [0.1, 0.15) is 34.3 Å². The number of thiophene rings is 1. The topological polar surface area (TPSA) is 37.3 Å². The molecule has 2 nitrogen and oxygen atoms in total. The maximum absolute atomic E-state index is 10.6. The fourth-order valence-electron chi connectivity index (χ4n) is 1.21. The monoisotopic (exact) mass is 182 g/mol. The number of aromatic carboxylic acids is 1. The predicted octanol–water partition coefficient (Wildman–Crippen LogP) is 2.50. The minimum absolute atomic E-state index is 0.304. The molecule has 0 amide bonds. The summed E-state index contributed by atoms with van der Waals surface area (Å²) in [4.78, 5) is 12.3. The van der Waals surface area contributed by atoms with Gasteiger partial charge in [0.1, 0.15) is 4.88 Å². The van der Waals surface area contributed by atoms with E-state index < -0.39 is 5.97 Å². The lowest BCUT2D eigenvalue weighted by atomic mass is 10.1. The van der Waals surface area contributed by atoms with E-state index in [2.05, 4.69) is 6.92 Å². The lowest BCUT2D eigenvalue weighted by molar-refractivity contribution is 0.0702. The Morgan fingerprint density at radius 3 is 2.67 bits per heavy atom. The normalized spacial score (nSPS) is 19.1. The third-order valence-corrected chi connectivity index (χ3v) is 3.79. The summed E-state index contributed by atoms with van der Waals surface area (Å²) in [5.74, 6) is -0.810. The van der Waals surface area contributed by atoms with Crippen LogP contribution in [0.25, 0.3) is 0 Å². The zero-order valence-electron chi connectivity index (χ0n) is 6.83. The number of carbonyl (C=O) groups is 1. The van der Waals surface area contributed by atoms with Crippen molar-refractivity contribution in [2.45, 2.75) is 25.2 Å². The Hall–Kier alpha value is -0.830. The van der Waals surface area contributed by atoms with Crippen LogP contribution in [0, 0.1) is 0 Å². The van der Waals surface area contributed by atoms with Gasteiger partial charge in [0, 0.05) is 10.3 Å². The molecule has 1 heterocycles. The van der Waals surface area contributed by atoms with Gasteiger partial charge in [-0.1, -0.05) is 6.92 Å². The number of hydrogen-bond donors (Lipinski definition) is 1. The van der Waals surface area contributed by atoms with Gasteiger partial charge in [0.25, 0.3) is 0 Å². The molecular formula is C9H10O2S. The van der Waals surface area contributed by atoms with Crippen molar-refractivity contribution >= 4 is 17.3 Å². The molecular weight excluding hydrogens is 172 g/mol. The molecule has 0 aliphatic heterocycles. The van der Waals surface area contributed by atoms with E-state index in [0.29, 0.717) is 10.3 Å². The van der Waals surface area contributed by atoms with Crippen molar-refractivity contribution < 1.29 is 9.90 Å². The molecule has 1 fully saturated rings. The van der Waals surface area contributed by atoms with Crippen LogP contribution in [0.2, 0.25) is 0 Å². The van der Waals surface area contributed by atoms with Gasteiger partial charge in [-0.05, 0) is 25.0 Å². The van der Waals surface area contributed by atoms with E-state index in [1.807, 2.05) is 6.07 Å². The molecule has 1 N–H and O–H groups in total. The summed E-state index contributed by atoms with van der Waals surface area (Å²) in [6.07, 6.45) is 2.40. The first-order chi connectivity index (χ1) is 5.62. The van der Waals surface area contributed by atoms with Gasteiger partial charge >= 0.3 is 5.97 Å². The molecule has 0 saturated heterocycles. The molecule has 64 valence electrons. The number of rotatable bonds is 2. The van der Waals surface area contributed by atoms with Gasteiger partial charge in [-0.15, -0.1) is 11.3 Å². The van der Waals surface area contributed by atoms with Crippen LogP contribution < -0.4 is 0 Å². The summed E-state index contributed by atoms with van der Waals surface area (Å²) in [6.45, 7) is 2.18. The van der Waals surface area contributed by atoms with Crippen LogP contribution >= 0.6 is 11.3 Å². The Labute approximate surface area is 74.8 Å². The zero-order valence-corrected chi connectivity index (χ0v) is 7.65. The summed E-state index contributed by atoms with van der Waals surface area (Å²) in [7, 11) is 0. The van der Waals surface area contributed by atoms with Crippen LogP contribution in [0.4, 0.5) is 0 Å². The van der Waals surface area contributed by atoms with E-state index in [4.69, 9.17) is 5.11 Å². The molecule has 0 unspecified atom stereocenters. The van der Waals surface area contributed by atoms with Crippen LogP contribution in [0.15, 0.2) is 12.1 Å². The van der Waals surface area contributed by atoms with E-state index in [0.717, 1.165) is 0 Å². The quantitative estimate of drug-likeness (QED) is 0.763. The van der Waals surface area contributed by atoms with Crippen LogP contribution in [0.3, 0.4) is 0 Å². The van der Waals surface area contributed by atoms with Crippen LogP contribution in [-0.4, -0.2) is 11.1 Å². The first-order valence-electron chi connectivity index (χ1n) is 3.95. The second kappa shape index (κ2) is 2.33. The Kier molecular flexibility index (Phi) is 1.51. The van der Waals surface area contributed by atoms with Gasteiger partial charge in [0.05, 0.1) is 0 Å². The SMILES string of the molecule is CC1(c2ccc(C(=O)O)s2)CC1. The second-order valence-corrected chi connectivity index (χ2v) is 4.61. The minimum Gasteiger partial charge on any atom is -0.477 e. The average Bonchev–Trinajstić information content (AvgIpc) is 2.61. The molecule has 1 aliphatic rings. The molecule has 3 heteroatoms. The van der Waals surface area contributed by atoms with E-state index in [1.165, 1.54) is 29.1 Å². The molecule has 1 aromatic rings. The van der Waals surface area contributed by atoms with Crippen LogP contribution in [0.5, 0.6) is 0 Å². The summed E-state index contributed by atoms with van der Waals surface area (Å²) in [5.41, 5.74) is 0.304. The molecule has 1 saturated carbocycles. The molecule has 0 bridgehead atoms. The van der Waals surface area contributed by atoms with Crippen molar-refractivity contribution in [3.05, 3.63) is 21.9 Å². The Bertz CT molecular complexity index is 323. The Morgan fingerprint density at radius 2 is 2.25 bits per heavy atom. The van der Waals surface area contributed by atoms with Gasteiger partial charge < -0.3 is 5.11 Å². The number of carboxylic acids is 1. The first kappa shape index (κ1) is 7.80. The third-order valence-electron chi connectivity index (χ3n) is 2.41. The molecule has 0 spiro atoms. The van der Waals surface area contributed by atoms with Gasteiger partial charge in [0.15, 0.2) is 0 Å². The van der Waals surface area contributed by atoms with Crippen LogP contribution in [-0.2, 0) is 5.41 Å². The molecule has 12 heavy (non-hydrogen) atoms. The van der Waals surface area contributed by atoms with Gasteiger partial charge in [-0.25, -0.2) is 4.79 Å². The maximum atomic E-state index is 10.6. The fourth-order valence-corrected chi connectivity index (χ4v) is 2.26. The summed E-state index contributed by atoms with van der Waals surface area (Å²) in [5, 5.41) is 8.69. The highest BCUT2D eigenvalue weighted by Crippen LogP contribution is 2.49. The average molecular weight is 182 g/mol. The predicted molar refractivity (Wildman–Crippen MR) is 47.9 cm³/mol. The van der Waals surface area contributed by atoms with E-state index in [9.17, 15) is 4.79 Å². The largest absolute Gasteiger partial charge is 0.477 e. The molecule has 1 aromatic heterocycles. The van der Waals surface area contributed by atoms with Gasteiger partial charge in [-0.2, -0.15) is 0 Å². The maximum Gasteiger partial charge on any atom is 0.345 e. The van der Waals surface area contributed by atoms with Crippen molar-refractivity contribution in [3.63, 3.8) is 0 Å². The standard InChI is InChI=1S/C9H10O2S/c1-9(4-5-9)7-3-2-6(12-7)8(10)11/h2-3H,4-5H2,1H3,(H,10,11). The third kappa shape index (κ3) is 1.14. The molecule has 0 aromatic carbocycles. The lowest BCUT2D eigenvalue weighted by Crippen LogP contribution is -1.94. The fraction of sp³-hybridized carbons (Fsp3) is 0.444. The summed E-state index contributed by atoms with van der Waals surface area (Å²) < 4.78 is 0. The molecule has 0 atom stereocenters. The molecule has 1 aliphatic carbocycles. The minimum atomic E-state index is -0.810. The molecule has 0 radical (unpaired) electrons. The number of carboxylic acid groups (broad SMARTS) is 1. The highest BCUT2D eigenvalue weighted by molar-refractivity contribution is 7.14. The lowest BCUT2D eigenvalue weighted by Gasteiger charge is -2.01. The highest BCUT2D eigenvalue weighted by atomic mass is 32.1. The smallest absolute Gasteiger partial charge is 0.345 e. The van der Waals surface area contributed by atoms with E-state index in [1.54, 1.807) is 6.07 Å². The Morgan fingerprint density at radius 1 is 1.58 bits per heavy atom. The van der Waals surface area contributed by atoms with Crippen molar-refractivity contribution in [2.24, 2.45) is 0 Å². The van der Waals surface area contributed by atoms with Crippen molar-refractivity contribution in [3.8, 4) is 0 Å². The second-order valence-electron chi connectivity index (χ2n) is 3.53. The van der Waals surface area contributed by atoms with E-state index in [-0.39, 0.29) is 0 Å². The number of hydrogen-bond acceptors (Lipinski definition) is 2. The van der Waals surface area contributed by atoms with E-state index >= 15 is 0 Å². The van der Waals surface area contributed by atoms with Crippen molar-refractivity contribution in [1.29, 1.82) is 0 Å². The van der Waals surface area contributed by atoms with Crippen molar-refractivity contribution in [1.82, 2.24) is 0 Å². The summed E-state index contributed by atoms with van der Waals surface area (Å²) >= 11 is 1.41. The molecule has 2 rings (SSSR count). The first-order valence-corrected chi connectivity index (χ1v) is 4.77.